The summed E-state index contributed by atoms with van der Waals surface area (Å²) in [5.41, 5.74) is 12.4. The predicted molar refractivity (Wildman–Crippen MR) is 147 cm³/mol. The van der Waals surface area contributed by atoms with Gasteiger partial charge in [0.15, 0.2) is 0 Å². The topological polar surface area (TPSA) is 177 Å². The summed E-state index contributed by atoms with van der Waals surface area (Å²) < 4.78 is 0. The Labute approximate surface area is 224 Å². The number of thioether (sulfide) groups is 1. The highest BCUT2D eigenvalue weighted by molar-refractivity contribution is 7.98. The van der Waals surface area contributed by atoms with Crippen LogP contribution in [0.4, 0.5) is 0 Å². The number of unbranched alkanes of at least 4 members (excludes halogenated alkanes) is 1. The summed E-state index contributed by atoms with van der Waals surface area (Å²) in [6, 6.07) is 5.44. The standard InChI is InChI=1S/C26H43N5O5S/c1-17(2)15-19(28)23(32)31-22(16-18-9-5-4-6-10-18)25(34)29-20(12-14-37-3)24(33)30-21(26(35)36)11-7-8-13-27/h4-6,9-10,17,19-22H,7-8,11-16,27-28H2,1-3H3,(H,29,34)(H,30,33)(H,31,32)(H,35,36). The van der Waals surface area contributed by atoms with Crippen molar-refractivity contribution in [1.82, 2.24) is 16.0 Å². The number of rotatable bonds is 18. The number of carboxylic acids is 1. The summed E-state index contributed by atoms with van der Waals surface area (Å²) in [5, 5.41) is 17.6. The van der Waals surface area contributed by atoms with Crippen LogP contribution in [0.15, 0.2) is 30.3 Å². The van der Waals surface area contributed by atoms with E-state index in [1.807, 2.05) is 50.4 Å². The molecule has 1 rings (SSSR count). The van der Waals surface area contributed by atoms with E-state index in [0.29, 0.717) is 38.0 Å². The Kier molecular flexibility index (Phi) is 15.6. The van der Waals surface area contributed by atoms with Gasteiger partial charge in [0.2, 0.25) is 17.7 Å². The average molecular weight is 538 g/mol. The van der Waals surface area contributed by atoms with E-state index in [4.69, 9.17) is 11.5 Å². The van der Waals surface area contributed by atoms with Gasteiger partial charge in [0.05, 0.1) is 6.04 Å². The molecule has 0 bridgehead atoms. The van der Waals surface area contributed by atoms with Gasteiger partial charge in [-0.15, -0.1) is 0 Å². The van der Waals surface area contributed by atoms with Crippen LogP contribution in [0, 0.1) is 5.92 Å². The normalized spacial score (nSPS) is 14.3. The minimum Gasteiger partial charge on any atom is -0.480 e. The van der Waals surface area contributed by atoms with Gasteiger partial charge in [0.1, 0.15) is 18.1 Å². The van der Waals surface area contributed by atoms with Crippen LogP contribution in [0.2, 0.25) is 0 Å². The zero-order valence-corrected chi connectivity index (χ0v) is 22.9. The number of hydrogen-bond donors (Lipinski definition) is 6. The number of carbonyl (C=O) groups excluding carboxylic acids is 3. The maximum absolute atomic E-state index is 13.4. The van der Waals surface area contributed by atoms with Crippen LogP contribution in [-0.4, -0.2) is 71.5 Å². The molecule has 1 aromatic carbocycles. The van der Waals surface area contributed by atoms with Gasteiger partial charge in [-0.3, -0.25) is 14.4 Å². The Hall–Kier alpha value is -2.63. The summed E-state index contributed by atoms with van der Waals surface area (Å²) in [4.78, 5) is 50.8. The Balaban J connectivity index is 3.04. The first-order valence-corrected chi connectivity index (χ1v) is 14.1. The monoisotopic (exact) mass is 537 g/mol. The Morgan fingerprint density at radius 2 is 1.49 bits per heavy atom. The van der Waals surface area contributed by atoms with Gasteiger partial charge in [-0.1, -0.05) is 44.2 Å². The Morgan fingerprint density at radius 3 is 2.05 bits per heavy atom. The first kappa shape index (κ1) is 32.4. The van der Waals surface area contributed by atoms with E-state index in [2.05, 4.69) is 16.0 Å². The van der Waals surface area contributed by atoms with E-state index >= 15 is 0 Å². The van der Waals surface area contributed by atoms with Gasteiger partial charge in [-0.05, 0) is 62.1 Å². The molecule has 208 valence electrons. The van der Waals surface area contributed by atoms with Crippen LogP contribution in [0.3, 0.4) is 0 Å². The fourth-order valence-corrected chi connectivity index (χ4v) is 4.22. The second-order valence-corrected chi connectivity index (χ2v) is 10.5. The number of aliphatic carboxylic acids is 1. The molecule has 0 saturated carbocycles. The molecule has 4 unspecified atom stereocenters. The minimum absolute atomic E-state index is 0.203. The van der Waals surface area contributed by atoms with E-state index in [1.54, 1.807) is 0 Å². The summed E-state index contributed by atoms with van der Waals surface area (Å²) in [5.74, 6) is -1.93. The second kappa shape index (κ2) is 17.8. The second-order valence-electron chi connectivity index (χ2n) is 9.51. The average Bonchev–Trinajstić information content (AvgIpc) is 2.85. The molecular weight excluding hydrogens is 494 g/mol. The van der Waals surface area contributed by atoms with Crippen molar-refractivity contribution in [2.45, 2.75) is 76.5 Å². The number of nitrogens with one attached hydrogen (secondary N) is 3. The van der Waals surface area contributed by atoms with Crippen molar-refractivity contribution < 1.29 is 24.3 Å². The van der Waals surface area contributed by atoms with E-state index < -0.39 is 47.9 Å². The van der Waals surface area contributed by atoms with Gasteiger partial charge in [-0.25, -0.2) is 4.79 Å². The van der Waals surface area contributed by atoms with Crippen molar-refractivity contribution in [3.05, 3.63) is 35.9 Å². The Bertz CT molecular complexity index is 855. The predicted octanol–water partition coefficient (Wildman–Crippen LogP) is 1.02. The third-order valence-electron chi connectivity index (χ3n) is 5.78. The highest BCUT2D eigenvalue weighted by atomic mass is 32.2. The smallest absolute Gasteiger partial charge is 0.326 e. The molecule has 0 aliphatic carbocycles. The lowest BCUT2D eigenvalue weighted by Gasteiger charge is -2.25. The number of amides is 3. The van der Waals surface area contributed by atoms with Crippen molar-refractivity contribution in [2.75, 3.05) is 18.6 Å². The molecule has 11 heteroatoms. The lowest BCUT2D eigenvalue weighted by molar-refractivity contribution is -0.142. The third kappa shape index (κ3) is 12.9. The maximum Gasteiger partial charge on any atom is 0.326 e. The molecule has 1 aromatic rings. The zero-order valence-electron chi connectivity index (χ0n) is 22.1. The molecular formula is C26H43N5O5S. The molecule has 4 atom stereocenters. The molecule has 8 N–H and O–H groups in total. The Morgan fingerprint density at radius 1 is 0.892 bits per heavy atom. The van der Waals surface area contributed by atoms with Crippen LogP contribution in [0.1, 0.15) is 51.5 Å². The number of carboxylic acid groups (broad SMARTS) is 1. The zero-order chi connectivity index (χ0) is 27.8. The third-order valence-corrected chi connectivity index (χ3v) is 6.43. The fourth-order valence-electron chi connectivity index (χ4n) is 3.75. The SMILES string of the molecule is CSCCC(NC(=O)C(Cc1ccccc1)NC(=O)C(N)CC(C)C)C(=O)NC(CCCCN)C(=O)O. The van der Waals surface area contributed by atoms with Crippen molar-refractivity contribution in [3.63, 3.8) is 0 Å². The first-order valence-electron chi connectivity index (χ1n) is 12.7. The maximum atomic E-state index is 13.4. The number of hydrogen-bond acceptors (Lipinski definition) is 7. The molecule has 0 aromatic heterocycles. The molecule has 0 aliphatic rings. The molecule has 0 fully saturated rings. The van der Waals surface area contributed by atoms with Crippen LogP contribution >= 0.6 is 11.8 Å². The lowest BCUT2D eigenvalue weighted by Crippen LogP contribution is -2.57. The summed E-state index contributed by atoms with van der Waals surface area (Å²) in [7, 11) is 0. The molecule has 0 spiro atoms. The number of carbonyl (C=O) groups is 4. The van der Waals surface area contributed by atoms with E-state index in [0.717, 1.165) is 5.56 Å². The highest BCUT2D eigenvalue weighted by Crippen LogP contribution is 2.09. The summed E-state index contributed by atoms with van der Waals surface area (Å²) in [6.07, 6.45) is 4.28. The fraction of sp³-hybridized carbons (Fsp3) is 0.615. The van der Waals surface area contributed by atoms with E-state index in [9.17, 15) is 24.3 Å². The molecule has 10 nitrogen and oxygen atoms in total. The van der Waals surface area contributed by atoms with Crippen molar-refractivity contribution in [2.24, 2.45) is 17.4 Å². The molecule has 0 heterocycles. The highest BCUT2D eigenvalue weighted by Gasteiger charge is 2.30. The molecule has 3 amide bonds. The summed E-state index contributed by atoms with van der Waals surface area (Å²) >= 11 is 1.50. The first-order chi connectivity index (χ1) is 17.6. The van der Waals surface area contributed by atoms with Gasteiger partial charge >= 0.3 is 5.97 Å². The lowest BCUT2D eigenvalue weighted by atomic mass is 10.0. The van der Waals surface area contributed by atoms with Crippen LogP contribution in [0.25, 0.3) is 0 Å². The molecule has 0 saturated heterocycles. The number of nitrogens with two attached hydrogens (primary N) is 2. The van der Waals surface area contributed by atoms with Crippen molar-refractivity contribution in [1.29, 1.82) is 0 Å². The molecule has 0 aliphatic heterocycles. The quantitative estimate of drug-likeness (QED) is 0.150. The molecule has 37 heavy (non-hydrogen) atoms. The minimum atomic E-state index is -1.14. The van der Waals surface area contributed by atoms with E-state index in [-0.39, 0.29) is 18.8 Å². The summed E-state index contributed by atoms with van der Waals surface area (Å²) in [6.45, 7) is 4.34. The van der Waals surface area contributed by atoms with Gasteiger partial charge in [-0.2, -0.15) is 11.8 Å². The van der Waals surface area contributed by atoms with Crippen molar-refractivity contribution >= 4 is 35.5 Å². The molecule has 0 radical (unpaired) electrons. The van der Waals surface area contributed by atoms with Gasteiger partial charge in [0, 0.05) is 6.42 Å². The number of benzene rings is 1. The van der Waals surface area contributed by atoms with Gasteiger partial charge < -0.3 is 32.5 Å². The van der Waals surface area contributed by atoms with Gasteiger partial charge in [0.25, 0.3) is 0 Å². The van der Waals surface area contributed by atoms with Crippen molar-refractivity contribution in [3.8, 4) is 0 Å². The van der Waals surface area contributed by atoms with Crippen LogP contribution < -0.4 is 27.4 Å². The van der Waals surface area contributed by atoms with E-state index in [1.165, 1.54) is 11.8 Å². The van der Waals surface area contributed by atoms with Crippen LogP contribution in [-0.2, 0) is 25.6 Å². The van der Waals surface area contributed by atoms with Crippen LogP contribution in [0.5, 0.6) is 0 Å². The largest absolute Gasteiger partial charge is 0.480 e.